The average molecular weight is 347 g/mol. The van der Waals surface area contributed by atoms with E-state index in [0.29, 0.717) is 27.6 Å². The molecule has 3 rings (SSSR count). The molecular weight excluding hydrogens is 332 g/mol. The van der Waals surface area contributed by atoms with Crippen molar-refractivity contribution in [2.75, 3.05) is 19.5 Å². The first-order valence-corrected chi connectivity index (χ1v) is 7.56. The van der Waals surface area contributed by atoms with E-state index < -0.39 is 11.0 Å². The number of ether oxygens (including phenoxy) is 2. The third-order valence-corrected chi connectivity index (χ3v) is 4.14. The van der Waals surface area contributed by atoms with Crippen molar-refractivity contribution in [2.45, 2.75) is 6.04 Å². The number of nitro groups is 1. The molecule has 0 radical (unpaired) electrons. The molecule has 1 N–H and O–H groups in total. The van der Waals surface area contributed by atoms with Gasteiger partial charge in [0.15, 0.2) is 0 Å². The van der Waals surface area contributed by atoms with Crippen LogP contribution in [0, 0.1) is 10.1 Å². The van der Waals surface area contributed by atoms with Gasteiger partial charge in [0, 0.05) is 5.02 Å². The Bertz CT molecular complexity index is 818. The third kappa shape index (κ3) is 2.65. The smallest absolute Gasteiger partial charge is 0.315 e. The number of anilines is 1. The molecule has 0 bridgehead atoms. The molecule has 2 aromatic carbocycles. The first-order valence-electron chi connectivity index (χ1n) is 7.18. The van der Waals surface area contributed by atoms with Gasteiger partial charge in [0.1, 0.15) is 11.8 Å². The van der Waals surface area contributed by atoms with Crippen LogP contribution in [0.15, 0.2) is 48.2 Å². The molecule has 1 heterocycles. The Hall–Kier alpha value is -2.73. The molecule has 1 aliphatic heterocycles. The summed E-state index contributed by atoms with van der Waals surface area (Å²) in [5, 5.41) is 15.5. The lowest BCUT2D eigenvalue weighted by Gasteiger charge is -2.27. The third-order valence-electron chi connectivity index (χ3n) is 3.88. The Balaban J connectivity index is 2.23. The summed E-state index contributed by atoms with van der Waals surface area (Å²) in [5.41, 5.74) is 1.89. The molecule has 124 valence electrons. The number of benzene rings is 2. The number of fused-ring (bicyclic) bond motifs is 1. The minimum atomic E-state index is -0.660. The monoisotopic (exact) mass is 346 g/mol. The van der Waals surface area contributed by atoms with E-state index in [1.807, 2.05) is 12.1 Å². The number of hydrogen-bond acceptors (Lipinski definition) is 5. The maximum atomic E-state index is 11.7. The Morgan fingerprint density at radius 2 is 1.83 bits per heavy atom. The highest BCUT2D eigenvalue weighted by Gasteiger charge is 2.39. The number of nitrogens with one attached hydrogen (secondary N) is 1. The Kier molecular flexibility index (Phi) is 4.31. The van der Waals surface area contributed by atoms with Crippen molar-refractivity contribution in [2.24, 2.45) is 0 Å². The first kappa shape index (κ1) is 16.1. The molecule has 0 fully saturated rings. The van der Waals surface area contributed by atoms with Gasteiger partial charge in [-0.05, 0) is 29.8 Å². The zero-order valence-corrected chi connectivity index (χ0v) is 13.8. The van der Waals surface area contributed by atoms with Crippen molar-refractivity contribution in [3.05, 3.63) is 74.4 Å². The van der Waals surface area contributed by atoms with Crippen LogP contribution < -0.4 is 10.1 Å². The van der Waals surface area contributed by atoms with E-state index in [1.165, 1.54) is 14.2 Å². The van der Waals surface area contributed by atoms with E-state index in [9.17, 15) is 10.1 Å². The van der Waals surface area contributed by atoms with Crippen LogP contribution >= 0.6 is 11.6 Å². The molecule has 0 saturated carbocycles. The minimum Gasteiger partial charge on any atom is -0.496 e. The van der Waals surface area contributed by atoms with E-state index in [2.05, 4.69) is 5.32 Å². The van der Waals surface area contributed by atoms with Crippen molar-refractivity contribution in [3.63, 3.8) is 0 Å². The molecule has 24 heavy (non-hydrogen) atoms. The van der Waals surface area contributed by atoms with E-state index in [4.69, 9.17) is 21.1 Å². The van der Waals surface area contributed by atoms with Gasteiger partial charge >= 0.3 is 5.70 Å². The molecule has 1 aliphatic rings. The summed E-state index contributed by atoms with van der Waals surface area (Å²) in [7, 11) is 2.93. The van der Waals surface area contributed by atoms with Gasteiger partial charge in [0.05, 0.1) is 30.4 Å². The van der Waals surface area contributed by atoms with Gasteiger partial charge < -0.3 is 14.8 Å². The molecule has 6 nitrogen and oxygen atoms in total. The lowest BCUT2D eigenvalue weighted by molar-refractivity contribution is -0.429. The Morgan fingerprint density at radius 3 is 2.42 bits per heavy atom. The standard InChI is InChI=1S/C17H15ClN2O4/c1-23-13-5-3-4-12-14(13)17(24-2)16(20(21)22)15(19-12)10-6-8-11(18)9-7-10/h3-9,15,19H,1-2H3/t15-/m0/s1. The average Bonchev–Trinajstić information content (AvgIpc) is 2.59. The van der Waals surface area contributed by atoms with Crippen LogP contribution in [0.5, 0.6) is 5.75 Å². The fourth-order valence-corrected chi connectivity index (χ4v) is 2.96. The predicted molar refractivity (Wildman–Crippen MR) is 91.7 cm³/mol. The summed E-state index contributed by atoms with van der Waals surface area (Å²) in [6.45, 7) is 0. The second-order valence-electron chi connectivity index (χ2n) is 5.19. The SMILES string of the molecule is COC1=C([N+](=O)[O-])[C@H](c2ccc(Cl)cc2)Nc2cccc(OC)c21. The molecule has 2 aromatic rings. The molecule has 0 unspecified atom stereocenters. The van der Waals surface area contributed by atoms with E-state index in [0.717, 1.165) is 0 Å². The van der Waals surface area contributed by atoms with Gasteiger partial charge in [-0.1, -0.05) is 29.8 Å². The van der Waals surface area contributed by atoms with Crippen LogP contribution in [0.2, 0.25) is 5.02 Å². The second kappa shape index (κ2) is 6.41. The van der Waals surface area contributed by atoms with Gasteiger partial charge in [-0.15, -0.1) is 0 Å². The molecule has 0 saturated heterocycles. The predicted octanol–water partition coefficient (Wildman–Crippen LogP) is 4.11. The Labute approximate surface area is 143 Å². The highest BCUT2D eigenvalue weighted by Crippen LogP contribution is 2.44. The number of rotatable bonds is 4. The minimum absolute atomic E-state index is 0.0724. The van der Waals surface area contributed by atoms with Gasteiger partial charge in [-0.3, -0.25) is 10.1 Å². The highest BCUT2D eigenvalue weighted by molar-refractivity contribution is 6.30. The lowest BCUT2D eigenvalue weighted by atomic mass is 9.95. The summed E-state index contributed by atoms with van der Waals surface area (Å²) < 4.78 is 10.7. The van der Waals surface area contributed by atoms with Crippen LogP contribution in [0.3, 0.4) is 0 Å². The number of hydrogen-bond donors (Lipinski definition) is 1. The summed E-state index contributed by atoms with van der Waals surface area (Å²) in [4.78, 5) is 11.3. The van der Waals surface area contributed by atoms with Gasteiger partial charge in [-0.2, -0.15) is 0 Å². The van der Waals surface area contributed by atoms with E-state index >= 15 is 0 Å². The van der Waals surface area contributed by atoms with E-state index in [1.54, 1.807) is 30.3 Å². The molecular formula is C17H15ClN2O4. The van der Waals surface area contributed by atoms with Crippen LogP contribution in [-0.2, 0) is 4.74 Å². The Morgan fingerprint density at radius 1 is 1.12 bits per heavy atom. The van der Waals surface area contributed by atoms with Crippen LogP contribution in [0.25, 0.3) is 5.76 Å². The first-order chi connectivity index (χ1) is 11.6. The van der Waals surface area contributed by atoms with Crippen LogP contribution in [-0.4, -0.2) is 19.1 Å². The van der Waals surface area contributed by atoms with Gasteiger partial charge in [-0.25, -0.2) is 0 Å². The van der Waals surface area contributed by atoms with Crippen LogP contribution in [0.1, 0.15) is 17.2 Å². The van der Waals surface area contributed by atoms with E-state index in [-0.39, 0.29) is 11.5 Å². The van der Waals surface area contributed by atoms with Crippen LogP contribution in [0.4, 0.5) is 5.69 Å². The van der Waals surface area contributed by atoms with Gasteiger partial charge in [0.2, 0.25) is 5.76 Å². The fourth-order valence-electron chi connectivity index (χ4n) is 2.83. The zero-order chi connectivity index (χ0) is 17.3. The molecule has 0 amide bonds. The molecule has 1 atom stereocenters. The topological polar surface area (TPSA) is 73.6 Å². The summed E-state index contributed by atoms with van der Waals surface area (Å²) >= 11 is 5.92. The summed E-state index contributed by atoms with van der Waals surface area (Å²) in [5.74, 6) is 0.692. The summed E-state index contributed by atoms with van der Waals surface area (Å²) in [6.07, 6.45) is 0. The lowest BCUT2D eigenvalue weighted by Crippen LogP contribution is -2.25. The number of nitrogens with zero attached hydrogens (tertiary/aromatic N) is 1. The molecule has 7 heteroatoms. The summed E-state index contributed by atoms with van der Waals surface area (Å²) in [6, 6.07) is 11.6. The van der Waals surface area contributed by atoms with Crippen molar-refractivity contribution in [3.8, 4) is 5.75 Å². The van der Waals surface area contributed by atoms with Crippen molar-refractivity contribution >= 4 is 23.0 Å². The van der Waals surface area contributed by atoms with Crippen molar-refractivity contribution in [1.82, 2.24) is 0 Å². The quantitative estimate of drug-likeness (QED) is 0.666. The normalized spacial score (nSPS) is 16.2. The second-order valence-corrected chi connectivity index (χ2v) is 5.62. The maximum Gasteiger partial charge on any atom is 0.315 e. The zero-order valence-electron chi connectivity index (χ0n) is 13.1. The molecule has 0 spiro atoms. The number of methoxy groups -OCH3 is 2. The largest absolute Gasteiger partial charge is 0.496 e. The van der Waals surface area contributed by atoms with Crippen molar-refractivity contribution in [1.29, 1.82) is 0 Å². The van der Waals surface area contributed by atoms with Crippen molar-refractivity contribution < 1.29 is 14.4 Å². The molecule has 0 aliphatic carbocycles. The maximum absolute atomic E-state index is 11.7. The molecule has 0 aromatic heterocycles. The highest BCUT2D eigenvalue weighted by atomic mass is 35.5. The number of halogens is 1. The fraction of sp³-hybridized carbons (Fsp3) is 0.176. The van der Waals surface area contributed by atoms with Gasteiger partial charge in [0.25, 0.3) is 0 Å².